The molecule has 276 valence electrons. The van der Waals surface area contributed by atoms with Crippen molar-refractivity contribution < 1.29 is 41.8 Å². The van der Waals surface area contributed by atoms with Gasteiger partial charge in [-0.25, -0.2) is 9.18 Å². The van der Waals surface area contributed by atoms with E-state index in [4.69, 9.17) is 20.4 Å². The van der Waals surface area contributed by atoms with E-state index in [2.05, 4.69) is 35.8 Å². The molecule has 2 amide bonds. The van der Waals surface area contributed by atoms with Gasteiger partial charge in [-0.2, -0.15) is 13.2 Å². The predicted octanol–water partition coefficient (Wildman–Crippen LogP) is 8.73. The first-order valence-electron chi connectivity index (χ1n) is 16.3. The standard InChI is InChI=1S/C38H36FN3O3S.C2HF3O2/c1-46-33-19-17-30(18-20-33)29-15-13-27(14-16-29)26-42(38(44)22-21-37(43)41-25-31-8-2-3-10-34(31)39)35-11-4-5-12-36(35)45-32-9-6-7-28(23-32)24-40;3-2(4,5)1(6)7/h2-20,23H,21-22,24-26,40H2,1H3,(H,41,43);(H,6,7). The van der Waals surface area contributed by atoms with Crippen molar-refractivity contribution in [2.75, 3.05) is 11.2 Å². The van der Waals surface area contributed by atoms with Crippen LogP contribution in [0.2, 0.25) is 0 Å². The lowest BCUT2D eigenvalue weighted by molar-refractivity contribution is -0.192. The molecule has 4 N–H and O–H groups in total. The van der Waals surface area contributed by atoms with Crippen molar-refractivity contribution in [3.63, 3.8) is 0 Å². The minimum absolute atomic E-state index is 0.0417. The summed E-state index contributed by atoms with van der Waals surface area (Å²) in [7, 11) is 0. The van der Waals surface area contributed by atoms with Crippen molar-refractivity contribution in [2.45, 2.75) is 43.5 Å². The molecule has 8 nitrogen and oxygen atoms in total. The molecule has 0 atom stereocenters. The van der Waals surface area contributed by atoms with E-state index in [-0.39, 0.29) is 43.6 Å². The van der Waals surface area contributed by atoms with E-state index in [9.17, 15) is 27.2 Å². The number of benzene rings is 5. The highest BCUT2D eigenvalue weighted by Crippen LogP contribution is 2.34. The number of nitrogens with one attached hydrogen (secondary N) is 1. The van der Waals surface area contributed by atoms with Gasteiger partial charge < -0.3 is 25.8 Å². The van der Waals surface area contributed by atoms with Crippen LogP contribution in [0.5, 0.6) is 11.5 Å². The summed E-state index contributed by atoms with van der Waals surface area (Å²) in [4.78, 5) is 38.3. The van der Waals surface area contributed by atoms with Gasteiger partial charge in [0.25, 0.3) is 0 Å². The Bertz CT molecular complexity index is 1990. The maximum Gasteiger partial charge on any atom is 0.490 e. The maximum atomic E-state index is 14.0. The summed E-state index contributed by atoms with van der Waals surface area (Å²) in [6.45, 7) is 0.693. The minimum atomic E-state index is -5.08. The molecule has 0 saturated carbocycles. The summed E-state index contributed by atoms with van der Waals surface area (Å²) in [6, 6.07) is 37.6. The van der Waals surface area contributed by atoms with E-state index in [0.29, 0.717) is 29.3 Å². The SMILES string of the molecule is CSc1ccc(-c2ccc(CN(C(=O)CCC(=O)NCc3ccccc3F)c3ccccc3Oc3cccc(CN)c3)cc2)cc1.O=C(O)C(F)(F)F. The van der Waals surface area contributed by atoms with E-state index >= 15 is 0 Å². The first kappa shape index (κ1) is 40.1. The number of carboxylic acids is 1. The zero-order valence-corrected chi connectivity index (χ0v) is 29.4. The second-order valence-corrected chi connectivity index (χ2v) is 12.4. The summed E-state index contributed by atoms with van der Waals surface area (Å²) < 4.78 is 52.0. The molecule has 0 aromatic heterocycles. The van der Waals surface area contributed by atoms with Gasteiger partial charge in [-0.15, -0.1) is 11.8 Å². The Kier molecular flexibility index (Phi) is 14.6. The smallest absolute Gasteiger partial charge is 0.475 e. The zero-order chi connectivity index (χ0) is 38.4. The predicted molar refractivity (Wildman–Crippen MR) is 197 cm³/mol. The number of carboxylic acid groups (broad SMARTS) is 1. The molecule has 0 aliphatic rings. The molecule has 0 aliphatic carbocycles. The molecule has 0 saturated heterocycles. The van der Waals surface area contributed by atoms with Gasteiger partial charge in [-0.05, 0) is 71.0 Å². The number of carbonyl (C=O) groups excluding carboxylic acids is 2. The van der Waals surface area contributed by atoms with Crippen molar-refractivity contribution in [3.05, 3.63) is 144 Å². The van der Waals surface area contributed by atoms with Gasteiger partial charge in [-0.3, -0.25) is 9.59 Å². The number of nitrogens with two attached hydrogens (primary N) is 1. The number of anilines is 1. The largest absolute Gasteiger partial charge is 0.490 e. The lowest BCUT2D eigenvalue weighted by Gasteiger charge is -2.25. The third-order valence-corrected chi connectivity index (χ3v) is 8.52. The number of amides is 2. The monoisotopic (exact) mass is 747 g/mol. The Hall–Kier alpha value is -5.66. The third kappa shape index (κ3) is 12.2. The van der Waals surface area contributed by atoms with Crippen LogP contribution in [0.15, 0.2) is 126 Å². The van der Waals surface area contributed by atoms with Gasteiger partial charge in [0.2, 0.25) is 11.8 Å². The number of carbonyl (C=O) groups is 3. The van der Waals surface area contributed by atoms with Crippen LogP contribution in [0.3, 0.4) is 0 Å². The molecule has 0 spiro atoms. The van der Waals surface area contributed by atoms with Crippen molar-refractivity contribution >= 4 is 35.2 Å². The molecular formula is C40H37F4N3O5S. The number of hydrogen-bond acceptors (Lipinski definition) is 6. The van der Waals surface area contributed by atoms with Gasteiger partial charge in [0.05, 0.1) is 12.2 Å². The maximum absolute atomic E-state index is 14.0. The van der Waals surface area contributed by atoms with Crippen LogP contribution in [0, 0.1) is 5.82 Å². The van der Waals surface area contributed by atoms with E-state index in [1.54, 1.807) is 34.9 Å². The molecule has 5 aromatic rings. The zero-order valence-electron chi connectivity index (χ0n) is 28.6. The average molecular weight is 748 g/mol. The summed E-state index contributed by atoms with van der Waals surface area (Å²) in [5.41, 5.74) is 10.8. The van der Waals surface area contributed by atoms with E-state index in [0.717, 1.165) is 22.3 Å². The minimum Gasteiger partial charge on any atom is -0.475 e. The third-order valence-electron chi connectivity index (χ3n) is 7.78. The van der Waals surface area contributed by atoms with Gasteiger partial charge in [-0.1, -0.05) is 78.9 Å². The summed E-state index contributed by atoms with van der Waals surface area (Å²) >= 11 is 1.70. The Morgan fingerprint density at radius 3 is 2.06 bits per heavy atom. The number of thioether (sulfide) groups is 1. The second kappa shape index (κ2) is 19.3. The Morgan fingerprint density at radius 1 is 0.811 bits per heavy atom. The molecule has 0 fully saturated rings. The van der Waals surface area contributed by atoms with Crippen molar-refractivity contribution in [2.24, 2.45) is 5.73 Å². The fourth-order valence-corrected chi connectivity index (χ4v) is 5.39. The molecule has 53 heavy (non-hydrogen) atoms. The van der Waals surface area contributed by atoms with E-state index in [1.807, 2.05) is 72.8 Å². The Labute approximate surface area is 308 Å². The topological polar surface area (TPSA) is 122 Å². The average Bonchev–Trinajstić information content (AvgIpc) is 3.16. The highest BCUT2D eigenvalue weighted by Gasteiger charge is 2.38. The van der Waals surface area contributed by atoms with Crippen molar-refractivity contribution in [1.29, 1.82) is 0 Å². The highest BCUT2D eigenvalue weighted by atomic mass is 32.2. The molecule has 5 rings (SSSR count). The quantitative estimate of drug-likeness (QED) is 0.0814. The first-order chi connectivity index (χ1) is 25.4. The molecule has 0 aliphatic heterocycles. The molecule has 0 unspecified atom stereocenters. The second-order valence-electron chi connectivity index (χ2n) is 11.5. The van der Waals surface area contributed by atoms with Crippen molar-refractivity contribution in [3.8, 4) is 22.6 Å². The summed E-state index contributed by atoms with van der Waals surface area (Å²) in [6.07, 6.45) is -3.12. The van der Waals surface area contributed by atoms with Crippen LogP contribution in [-0.4, -0.2) is 35.3 Å². The number of hydrogen-bond donors (Lipinski definition) is 3. The van der Waals surface area contributed by atoms with Gasteiger partial charge in [0.1, 0.15) is 11.6 Å². The Balaban J connectivity index is 0.000000815. The Morgan fingerprint density at radius 2 is 1.43 bits per heavy atom. The number of para-hydroxylation sites is 2. The lowest BCUT2D eigenvalue weighted by atomic mass is 10.0. The fourth-order valence-electron chi connectivity index (χ4n) is 4.99. The van der Waals surface area contributed by atoms with Crippen LogP contribution in [-0.2, 0) is 34.0 Å². The number of ether oxygens (including phenoxy) is 1. The lowest BCUT2D eigenvalue weighted by Crippen LogP contribution is -2.32. The van der Waals surface area contributed by atoms with Gasteiger partial charge >= 0.3 is 12.1 Å². The molecule has 0 heterocycles. The number of nitrogens with zero attached hydrogens (tertiary/aromatic N) is 1. The first-order valence-corrected chi connectivity index (χ1v) is 17.5. The van der Waals surface area contributed by atoms with Gasteiger partial charge in [0.15, 0.2) is 5.75 Å². The number of aliphatic carboxylic acids is 1. The van der Waals surface area contributed by atoms with Crippen LogP contribution in [0.1, 0.15) is 29.5 Å². The van der Waals surface area contributed by atoms with E-state index in [1.165, 1.54) is 11.0 Å². The fraction of sp³-hybridized carbons (Fsp3) is 0.175. The van der Waals surface area contributed by atoms with Crippen LogP contribution in [0.4, 0.5) is 23.2 Å². The van der Waals surface area contributed by atoms with Crippen LogP contribution < -0.4 is 20.7 Å². The molecule has 13 heteroatoms. The normalized spacial score (nSPS) is 10.8. The van der Waals surface area contributed by atoms with Crippen LogP contribution in [0.25, 0.3) is 11.1 Å². The molecule has 0 radical (unpaired) electrons. The summed E-state index contributed by atoms with van der Waals surface area (Å²) in [5.74, 6) is -2.62. The summed E-state index contributed by atoms with van der Waals surface area (Å²) in [5, 5.41) is 9.85. The number of halogens is 4. The highest BCUT2D eigenvalue weighted by molar-refractivity contribution is 7.98. The van der Waals surface area contributed by atoms with Crippen molar-refractivity contribution in [1.82, 2.24) is 5.32 Å². The molecular weight excluding hydrogens is 711 g/mol. The number of alkyl halides is 3. The molecule has 5 aromatic carbocycles. The number of rotatable bonds is 13. The molecule has 0 bridgehead atoms. The van der Waals surface area contributed by atoms with Gasteiger partial charge in [0, 0.05) is 36.4 Å². The van der Waals surface area contributed by atoms with E-state index < -0.39 is 12.1 Å². The van der Waals surface area contributed by atoms with Crippen LogP contribution >= 0.6 is 11.8 Å².